The third-order valence-corrected chi connectivity index (χ3v) is 5.45. The van der Waals surface area contributed by atoms with E-state index in [4.69, 9.17) is 34.8 Å². The minimum atomic E-state index is -0.666. The van der Waals surface area contributed by atoms with E-state index < -0.39 is 6.04 Å². The molecule has 0 aromatic heterocycles. The highest BCUT2D eigenvalue weighted by Crippen LogP contribution is 2.27. The molecular formula is C20H21Cl3N2O2. The molecule has 0 saturated carbocycles. The average Bonchev–Trinajstić information content (AvgIpc) is 2.65. The molecule has 4 nitrogen and oxygen atoms in total. The van der Waals surface area contributed by atoms with Gasteiger partial charge < -0.3 is 10.2 Å². The van der Waals surface area contributed by atoms with E-state index >= 15 is 0 Å². The molecule has 0 aliphatic carbocycles. The average molecular weight is 428 g/mol. The maximum atomic E-state index is 12.9. The maximum Gasteiger partial charge on any atom is 0.242 e. The molecule has 1 atom stereocenters. The number of carbonyl (C=O) groups excluding carboxylic acids is 2. The monoisotopic (exact) mass is 426 g/mol. The molecule has 2 rings (SSSR count). The van der Waals surface area contributed by atoms with Gasteiger partial charge in [-0.15, -0.1) is 0 Å². The number of hydrogen-bond donors (Lipinski definition) is 1. The summed E-state index contributed by atoms with van der Waals surface area (Å²) >= 11 is 18.7. The zero-order valence-electron chi connectivity index (χ0n) is 15.1. The minimum Gasteiger partial charge on any atom is -0.357 e. The van der Waals surface area contributed by atoms with E-state index in [0.717, 1.165) is 5.56 Å². The van der Waals surface area contributed by atoms with Crippen LogP contribution in [0.25, 0.3) is 0 Å². The van der Waals surface area contributed by atoms with Gasteiger partial charge in [0.15, 0.2) is 0 Å². The Kier molecular flexibility index (Phi) is 7.96. The first kappa shape index (κ1) is 21.5. The van der Waals surface area contributed by atoms with Crippen LogP contribution in [0.5, 0.6) is 0 Å². The van der Waals surface area contributed by atoms with Gasteiger partial charge >= 0.3 is 0 Å². The third-order valence-electron chi connectivity index (χ3n) is 4.37. The molecule has 0 aliphatic rings. The maximum absolute atomic E-state index is 12.9. The van der Waals surface area contributed by atoms with Gasteiger partial charge in [0.05, 0.1) is 0 Å². The number of amides is 2. The lowest BCUT2D eigenvalue weighted by molar-refractivity contribution is -0.140. The van der Waals surface area contributed by atoms with E-state index in [1.165, 1.54) is 11.9 Å². The van der Waals surface area contributed by atoms with Crippen molar-refractivity contribution >= 4 is 46.6 Å². The van der Waals surface area contributed by atoms with Crippen LogP contribution in [0.1, 0.15) is 24.5 Å². The summed E-state index contributed by atoms with van der Waals surface area (Å²) in [5, 5.41) is 4.10. The quantitative estimate of drug-likeness (QED) is 0.693. The molecule has 0 fully saturated rings. The van der Waals surface area contributed by atoms with Gasteiger partial charge in [0.25, 0.3) is 0 Å². The Labute approximate surface area is 174 Å². The Balaban J connectivity index is 2.22. The molecule has 1 N–H and O–H groups in total. The van der Waals surface area contributed by atoms with E-state index in [1.54, 1.807) is 31.2 Å². The fourth-order valence-corrected chi connectivity index (χ4v) is 3.48. The Bertz CT molecular complexity index is 806. The topological polar surface area (TPSA) is 49.4 Å². The third kappa shape index (κ3) is 5.61. The van der Waals surface area contributed by atoms with Gasteiger partial charge in [-0.2, -0.15) is 0 Å². The van der Waals surface area contributed by atoms with Crippen molar-refractivity contribution in [3.63, 3.8) is 0 Å². The number of benzene rings is 2. The van der Waals surface area contributed by atoms with Gasteiger partial charge in [0.2, 0.25) is 11.8 Å². The second-order valence-corrected chi connectivity index (χ2v) is 7.33. The molecule has 1 unspecified atom stereocenters. The number of halogens is 3. The van der Waals surface area contributed by atoms with E-state index in [2.05, 4.69) is 5.32 Å². The first-order valence-corrected chi connectivity index (χ1v) is 9.66. The van der Waals surface area contributed by atoms with Crippen LogP contribution in [0.15, 0.2) is 42.5 Å². The highest BCUT2D eigenvalue weighted by Gasteiger charge is 2.26. The molecule has 0 aliphatic heterocycles. The van der Waals surface area contributed by atoms with Crippen molar-refractivity contribution in [2.45, 2.75) is 32.4 Å². The van der Waals surface area contributed by atoms with Crippen LogP contribution in [0.2, 0.25) is 15.1 Å². The lowest BCUT2D eigenvalue weighted by Gasteiger charge is -2.29. The number of rotatable bonds is 7. The number of likely N-dealkylation sites (N-methyl/N-ethyl adjacent to an activating group) is 1. The second kappa shape index (κ2) is 9.98. The van der Waals surface area contributed by atoms with Crippen LogP contribution in [0.3, 0.4) is 0 Å². The standard InChI is InChI=1S/C20H21Cl3N2O2/c1-13(20(27)24-2)25(12-15-17(22)8-5-9-18(15)23)19(26)11-10-14-6-3-4-7-16(14)21/h3-9,13H,10-12H2,1-2H3,(H,24,27). The summed E-state index contributed by atoms with van der Waals surface area (Å²) in [4.78, 5) is 26.6. The van der Waals surface area contributed by atoms with Crippen LogP contribution in [0, 0.1) is 0 Å². The number of aryl methyl sites for hydroxylation is 1. The van der Waals surface area contributed by atoms with Crippen molar-refractivity contribution < 1.29 is 9.59 Å². The number of hydrogen-bond acceptors (Lipinski definition) is 2. The fraction of sp³-hybridized carbons (Fsp3) is 0.300. The number of nitrogens with one attached hydrogen (secondary N) is 1. The molecule has 0 radical (unpaired) electrons. The van der Waals surface area contributed by atoms with Crippen LogP contribution in [-0.4, -0.2) is 29.8 Å². The highest BCUT2D eigenvalue weighted by atomic mass is 35.5. The van der Waals surface area contributed by atoms with Crippen LogP contribution < -0.4 is 5.32 Å². The zero-order chi connectivity index (χ0) is 20.0. The van der Waals surface area contributed by atoms with Gasteiger partial charge in [0.1, 0.15) is 6.04 Å². The number of carbonyl (C=O) groups is 2. The van der Waals surface area contributed by atoms with Crippen molar-refractivity contribution in [1.82, 2.24) is 10.2 Å². The van der Waals surface area contributed by atoms with Crippen molar-refractivity contribution in [2.75, 3.05) is 7.05 Å². The summed E-state index contributed by atoms with van der Waals surface area (Å²) in [6.07, 6.45) is 0.693. The smallest absolute Gasteiger partial charge is 0.242 e. The van der Waals surface area contributed by atoms with E-state index in [9.17, 15) is 9.59 Å². The molecule has 2 aromatic rings. The summed E-state index contributed by atoms with van der Waals surface area (Å²) in [6, 6.07) is 11.9. The molecule has 2 aromatic carbocycles. The van der Waals surface area contributed by atoms with Gasteiger partial charge in [-0.3, -0.25) is 9.59 Å². The molecule has 27 heavy (non-hydrogen) atoms. The molecule has 0 spiro atoms. The van der Waals surface area contributed by atoms with Crippen molar-refractivity contribution in [3.8, 4) is 0 Å². The molecule has 2 amide bonds. The van der Waals surface area contributed by atoms with E-state index in [1.807, 2.05) is 18.2 Å². The lowest BCUT2D eigenvalue weighted by Crippen LogP contribution is -2.46. The zero-order valence-corrected chi connectivity index (χ0v) is 17.4. The molecule has 0 bridgehead atoms. The van der Waals surface area contributed by atoms with Crippen LogP contribution in [-0.2, 0) is 22.6 Å². The van der Waals surface area contributed by atoms with Crippen LogP contribution in [0.4, 0.5) is 0 Å². The Hall–Kier alpha value is -1.75. The predicted octanol–water partition coefficient (Wildman–Crippen LogP) is 4.74. The van der Waals surface area contributed by atoms with Crippen LogP contribution >= 0.6 is 34.8 Å². The summed E-state index contributed by atoms with van der Waals surface area (Å²) in [5.74, 6) is -0.439. The van der Waals surface area contributed by atoms with Gasteiger partial charge in [-0.25, -0.2) is 0 Å². The highest BCUT2D eigenvalue weighted by molar-refractivity contribution is 6.36. The summed E-state index contributed by atoms with van der Waals surface area (Å²) < 4.78 is 0. The number of nitrogens with zero attached hydrogens (tertiary/aromatic N) is 1. The predicted molar refractivity (Wildman–Crippen MR) is 110 cm³/mol. The molecule has 7 heteroatoms. The Morgan fingerprint density at radius 1 is 1.00 bits per heavy atom. The first-order chi connectivity index (χ1) is 12.8. The van der Waals surface area contributed by atoms with E-state index in [-0.39, 0.29) is 24.8 Å². The fourth-order valence-electron chi connectivity index (χ4n) is 2.73. The minimum absolute atomic E-state index is 0.147. The van der Waals surface area contributed by atoms with Gasteiger partial charge in [-0.05, 0) is 37.1 Å². The second-order valence-electron chi connectivity index (χ2n) is 6.10. The molecule has 144 valence electrons. The van der Waals surface area contributed by atoms with E-state index in [0.29, 0.717) is 27.1 Å². The van der Waals surface area contributed by atoms with Gasteiger partial charge in [0, 0.05) is 40.6 Å². The Morgan fingerprint density at radius 3 is 2.19 bits per heavy atom. The largest absolute Gasteiger partial charge is 0.357 e. The SMILES string of the molecule is CNC(=O)C(C)N(Cc1c(Cl)cccc1Cl)C(=O)CCc1ccccc1Cl. The summed E-state index contributed by atoms with van der Waals surface area (Å²) in [6.45, 7) is 1.82. The van der Waals surface area contributed by atoms with Crippen molar-refractivity contribution in [2.24, 2.45) is 0 Å². The van der Waals surface area contributed by atoms with Crippen molar-refractivity contribution in [1.29, 1.82) is 0 Å². The summed E-state index contributed by atoms with van der Waals surface area (Å²) in [5.41, 5.74) is 1.50. The lowest BCUT2D eigenvalue weighted by atomic mass is 10.1. The molecule has 0 heterocycles. The first-order valence-electron chi connectivity index (χ1n) is 8.52. The molecule has 0 saturated heterocycles. The van der Waals surface area contributed by atoms with Crippen molar-refractivity contribution in [3.05, 3.63) is 68.7 Å². The molecular weight excluding hydrogens is 407 g/mol. The summed E-state index contributed by atoms with van der Waals surface area (Å²) in [7, 11) is 1.54. The Morgan fingerprint density at radius 2 is 1.59 bits per heavy atom. The van der Waals surface area contributed by atoms with Gasteiger partial charge in [-0.1, -0.05) is 59.1 Å². The normalized spacial score (nSPS) is 11.7.